The zero-order valence-electron chi connectivity index (χ0n) is 13.8. The summed E-state index contributed by atoms with van der Waals surface area (Å²) in [4.78, 5) is 15.1. The van der Waals surface area contributed by atoms with Crippen molar-refractivity contribution in [3.63, 3.8) is 0 Å². The van der Waals surface area contributed by atoms with E-state index >= 15 is 0 Å². The van der Waals surface area contributed by atoms with E-state index in [1.807, 2.05) is 18.9 Å². The fourth-order valence-corrected chi connectivity index (χ4v) is 4.44. The number of nitrogens with zero attached hydrogens (tertiary/aromatic N) is 4. The number of carbonyl (C=O) groups excluding carboxylic acids is 1. The molecule has 1 saturated heterocycles. The van der Waals surface area contributed by atoms with Crippen molar-refractivity contribution in [1.29, 1.82) is 5.26 Å². The van der Waals surface area contributed by atoms with E-state index in [4.69, 9.17) is 11.6 Å². The van der Waals surface area contributed by atoms with Crippen molar-refractivity contribution >= 4 is 17.5 Å². The van der Waals surface area contributed by atoms with Crippen molar-refractivity contribution in [3.05, 3.63) is 16.4 Å². The number of rotatable bonds is 2. The zero-order chi connectivity index (χ0) is 16.6. The summed E-state index contributed by atoms with van der Waals surface area (Å²) in [6.07, 6.45) is 6.25. The van der Waals surface area contributed by atoms with Crippen LogP contribution in [0.3, 0.4) is 0 Å². The van der Waals surface area contributed by atoms with Crippen LogP contribution in [0.25, 0.3) is 0 Å². The lowest BCUT2D eigenvalue weighted by Gasteiger charge is -2.35. The monoisotopic (exact) mass is 334 g/mol. The number of amides is 1. The maximum Gasteiger partial charge on any atom is 0.243 e. The Balaban J connectivity index is 1.92. The number of likely N-dealkylation sites (tertiary alicyclic amines) is 1. The fourth-order valence-electron chi connectivity index (χ4n) is 4.14. The second kappa shape index (κ2) is 6.16. The molecule has 6 heteroatoms. The summed E-state index contributed by atoms with van der Waals surface area (Å²) < 4.78 is 1.66. The topological polar surface area (TPSA) is 61.9 Å². The molecule has 124 valence electrons. The third-order valence-electron chi connectivity index (χ3n) is 5.37. The Bertz CT molecular complexity index is 654. The standard InChI is InChI=1S/C17H23ClN4O/c1-12-14(15(18)21(2)20-12)13-7-6-10-22(13)16(23)17(11-19)8-4-3-5-9-17/h13H,3-10H2,1-2H3/t13-/m1/s1. The Hall–Kier alpha value is -1.54. The van der Waals surface area contributed by atoms with Crippen LogP contribution in [-0.4, -0.2) is 27.1 Å². The quantitative estimate of drug-likeness (QED) is 0.831. The average Bonchev–Trinajstić information content (AvgIpc) is 3.12. The van der Waals surface area contributed by atoms with Gasteiger partial charge in [0.05, 0.1) is 17.8 Å². The molecule has 0 unspecified atom stereocenters. The molecule has 1 aliphatic heterocycles. The van der Waals surface area contributed by atoms with Crippen molar-refractivity contribution < 1.29 is 4.79 Å². The molecule has 3 rings (SSSR count). The molecule has 2 heterocycles. The van der Waals surface area contributed by atoms with Gasteiger partial charge in [0.1, 0.15) is 10.6 Å². The van der Waals surface area contributed by atoms with Gasteiger partial charge in [0.2, 0.25) is 5.91 Å². The molecule has 1 amide bonds. The molecule has 1 atom stereocenters. The maximum atomic E-state index is 13.2. The van der Waals surface area contributed by atoms with Crippen LogP contribution in [0.1, 0.15) is 62.2 Å². The summed E-state index contributed by atoms with van der Waals surface area (Å²) >= 11 is 6.42. The van der Waals surface area contributed by atoms with E-state index in [1.165, 1.54) is 0 Å². The van der Waals surface area contributed by atoms with Crippen LogP contribution in [0.15, 0.2) is 0 Å². The third-order valence-corrected chi connectivity index (χ3v) is 5.82. The number of aromatic nitrogens is 2. The second-order valence-electron chi connectivity index (χ2n) is 6.82. The summed E-state index contributed by atoms with van der Waals surface area (Å²) in [5, 5.41) is 14.7. The minimum Gasteiger partial charge on any atom is -0.334 e. The van der Waals surface area contributed by atoms with E-state index in [-0.39, 0.29) is 11.9 Å². The number of hydrogen-bond donors (Lipinski definition) is 0. The minimum atomic E-state index is -0.830. The Morgan fingerprint density at radius 1 is 1.35 bits per heavy atom. The molecule has 0 N–H and O–H groups in total. The van der Waals surface area contributed by atoms with Crippen molar-refractivity contribution in [2.24, 2.45) is 12.5 Å². The summed E-state index contributed by atoms with van der Waals surface area (Å²) in [6, 6.07) is 2.31. The number of aryl methyl sites for hydroxylation is 2. The highest BCUT2D eigenvalue weighted by molar-refractivity contribution is 6.30. The van der Waals surface area contributed by atoms with Crippen molar-refractivity contribution in [2.75, 3.05) is 6.54 Å². The van der Waals surface area contributed by atoms with Gasteiger partial charge in [-0.3, -0.25) is 9.48 Å². The lowest BCUT2D eigenvalue weighted by atomic mass is 9.74. The van der Waals surface area contributed by atoms with Crippen LogP contribution >= 0.6 is 11.6 Å². The molecule has 0 spiro atoms. The van der Waals surface area contributed by atoms with Crippen LogP contribution in [0.2, 0.25) is 5.15 Å². The predicted molar refractivity (Wildman–Crippen MR) is 87.8 cm³/mol. The van der Waals surface area contributed by atoms with Crippen LogP contribution in [0.5, 0.6) is 0 Å². The number of halogens is 1. The number of carbonyl (C=O) groups is 1. The average molecular weight is 335 g/mol. The molecule has 5 nitrogen and oxygen atoms in total. The third kappa shape index (κ3) is 2.63. The predicted octanol–water partition coefficient (Wildman–Crippen LogP) is 3.52. The SMILES string of the molecule is Cc1nn(C)c(Cl)c1[C@H]1CCCN1C(=O)C1(C#N)CCCCC1. The van der Waals surface area contributed by atoms with Gasteiger partial charge in [-0.2, -0.15) is 10.4 Å². The van der Waals surface area contributed by atoms with E-state index in [9.17, 15) is 10.1 Å². The summed E-state index contributed by atoms with van der Waals surface area (Å²) in [7, 11) is 1.82. The fraction of sp³-hybridized carbons (Fsp3) is 0.706. The Morgan fingerprint density at radius 3 is 2.61 bits per heavy atom. The van der Waals surface area contributed by atoms with Gasteiger partial charge in [-0.1, -0.05) is 30.9 Å². The summed E-state index contributed by atoms with van der Waals surface area (Å²) in [5.74, 6) is 0.00141. The largest absolute Gasteiger partial charge is 0.334 e. The van der Waals surface area contributed by atoms with Crippen LogP contribution in [0.4, 0.5) is 0 Å². The molecule has 0 radical (unpaired) electrons. The highest BCUT2D eigenvalue weighted by atomic mass is 35.5. The van der Waals surface area contributed by atoms with Gasteiger partial charge in [-0.25, -0.2) is 0 Å². The lowest BCUT2D eigenvalue weighted by molar-refractivity contribution is -0.141. The molecule has 2 aliphatic rings. The zero-order valence-corrected chi connectivity index (χ0v) is 14.6. The molecular formula is C17H23ClN4O. The minimum absolute atomic E-state index is 0.00141. The van der Waals surface area contributed by atoms with Gasteiger partial charge in [0.25, 0.3) is 0 Å². The van der Waals surface area contributed by atoms with Crippen molar-refractivity contribution in [3.8, 4) is 6.07 Å². The highest BCUT2D eigenvalue weighted by Gasteiger charge is 2.46. The molecule has 1 saturated carbocycles. The van der Waals surface area contributed by atoms with Gasteiger partial charge in [-0.05, 0) is 32.6 Å². The summed E-state index contributed by atoms with van der Waals surface area (Å²) in [6.45, 7) is 2.64. The smallest absolute Gasteiger partial charge is 0.243 e. The molecular weight excluding hydrogens is 312 g/mol. The molecule has 0 bridgehead atoms. The second-order valence-corrected chi connectivity index (χ2v) is 7.18. The van der Waals surface area contributed by atoms with Crippen molar-refractivity contribution in [1.82, 2.24) is 14.7 Å². The lowest BCUT2D eigenvalue weighted by Crippen LogP contribution is -2.44. The van der Waals surface area contributed by atoms with Gasteiger partial charge in [-0.15, -0.1) is 0 Å². The van der Waals surface area contributed by atoms with Gasteiger partial charge >= 0.3 is 0 Å². The van der Waals surface area contributed by atoms with Gasteiger partial charge < -0.3 is 4.90 Å². The number of nitriles is 1. The normalized spacial score (nSPS) is 23.7. The first-order valence-corrected chi connectivity index (χ1v) is 8.79. The van der Waals surface area contributed by atoms with E-state index in [1.54, 1.807) is 4.68 Å². The van der Waals surface area contributed by atoms with Crippen LogP contribution in [-0.2, 0) is 11.8 Å². The molecule has 0 aromatic carbocycles. The maximum absolute atomic E-state index is 13.2. The van der Waals surface area contributed by atoms with Crippen molar-refractivity contribution in [2.45, 2.75) is 57.9 Å². The molecule has 1 aromatic rings. The first-order chi connectivity index (χ1) is 11.0. The van der Waals surface area contributed by atoms with Crippen LogP contribution < -0.4 is 0 Å². The highest BCUT2D eigenvalue weighted by Crippen LogP contribution is 2.43. The van der Waals surface area contributed by atoms with Gasteiger partial charge in [0.15, 0.2) is 0 Å². The first kappa shape index (κ1) is 16.3. The van der Waals surface area contributed by atoms with Gasteiger partial charge in [0, 0.05) is 19.2 Å². The molecule has 1 aliphatic carbocycles. The Morgan fingerprint density at radius 2 is 2.04 bits per heavy atom. The molecule has 23 heavy (non-hydrogen) atoms. The van der Waals surface area contributed by atoms with E-state index < -0.39 is 5.41 Å². The van der Waals surface area contributed by atoms with E-state index in [0.29, 0.717) is 24.5 Å². The number of hydrogen-bond acceptors (Lipinski definition) is 3. The van der Waals surface area contributed by atoms with E-state index in [2.05, 4.69) is 11.2 Å². The molecule has 1 aromatic heterocycles. The Labute approximate surface area is 142 Å². The Kier molecular flexibility index (Phi) is 4.37. The van der Waals surface area contributed by atoms with Crippen LogP contribution in [0, 0.1) is 23.7 Å². The van der Waals surface area contributed by atoms with E-state index in [0.717, 1.165) is 43.4 Å². The molecule has 2 fully saturated rings. The first-order valence-electron chi connectivity index (χ1n) is 8.41. The summed E-state index contributed by atoms with van der Waals surface area (Å²) in [5.41, 5.74) is 0.990.